The summed E-state index contributed by atoms with van der Waals surface area (Å²) in [7, 11) is 0. The van der Waals surface area contributed by atoms with Gasteiger partial charge in [-0.1, -0.05) is 219 Å². The fourth-order valence-electron chi connectivity index (χ4n) is 12.0. The fourth-order valence-corrected chi connectivity index (χ4v) is 12.0. The van der Waals surface area contributed by atoms with Crippen molar-refractivity contribution < 1.29 is 66.3 Å². The van der Waals surface area contributed by atoms with E-state index in [1.54, 1.807) is 12.5 Å². The highest BCUT2D eigenvalue weighted by Crippen LogP contribution is 2.49. The first-order chi connectivity index (χ1) is 47.5. The third-order valence-electron chi connectivity index (χ3n) is 18.5. The van der Waals surface area contributed by atoms with Crippen molar-refractivity contribution in [2.45, 2.75) is 247 Å². The quantitative estimate of drug-likeness (QED) is 0.0423. The molecule has 0 saturated heterocycles. The van der Waals surface area contributed by atoms with Gasteiger partial charge < -0.3 is 66.3 Å². The largest absolute Gasteiger partial charge is 0.502 e. The minimum absolute atomic E-state index is 0.110. The van der Waals surface area contributed by atoms with Crippen LogP contribution in [0.15, 0.2) is 180 Å². The van der Waals surface area contributed by atoms with Crippen LogP contribution in [0.1, 0.15) is 223 Å². The molecule has 14 nitrogen and oxygen atoms in total. The van der Waals surface area contributed by atoms with Crippen molar-refractivity contribution in [3.63, 3.8) is 0 Å². The molecule has 0 radical (unpaired) electrons. The summed E-state index contributed by atoms with van der Waals surface area (Å²) in [5, 5.41) is 0. The molecule has 0 amide bonds. The van der Waals surface area contributed by atoms with Crippen LogP contribution in [0.5, 0.6) is 0 Å². The van der Waals surface area contributed by atoms with Gasteiger partial charge in [0.1, 0.15) is 50.7 Å². The molecule has 0 heterocycles. The molecular weight excluding hydrogens is 1230 g/mol. The van der Waals surface area contributed by atoms with Gasteiger partial charge in [0.2, 0.25) is 0 Å². The molecule has 0 aromatic heterocycles. The standard InChI is InChI=1S/C19H32O2.C14H26O2.C13H20O4.2C13H24O2.C12H22O2/c1-5-20-17-11-7-15(8-12-17)19(3,4)16-9-13-18(14-10-16)21-6-2;1-4-7-8-9-10-11-12-14(16-6-3)13-15-5-2;1-5-14-9-13(10-15-6-2,11-16-7-3)12-17-8-4;1-5-12(10-14-7-3)9-13(6-2)11-15-8-4;1-5-9-10-13(6-2,11-14-7-3)12-15-8-4;1-5-9-12(14-8-4)11(6-2)10-13-7-3/h5-6,15-18H,1-2,7-14H2,3-4H3;5-6,14H,2-4,7-13H2,1H3;5-8H,1-4,9-12H2;7-8,12-13H,3-6,9-11H2,1-2H3;7-8H,3-6,9-12H2,1-2H3;7-8,11-12H,3-6,9-10H2,1-2H3. The van der Waals surface area contributed by atoms with Gasteiger partial charge in [-0.3, -0.25) is 0 Å². The summed E-state index contributed by atoms with van der Waals surface area (Å²) in [6.07, 6.45) is 51.9. The Hall–Kier alpha value is -6.44. The SMILES string of the molecule is C=COC1CCC(C(C)(C)C2CCC(OC=C)CC2)CC1.C=COCC(CC)(CCCC)COC=C.C=COCC(CC)C(CCC)OC=C.C=COCC(CC)CC(CC)COC=C.C=COCC(CCCCCCCC)OC=C.C=COCC(COC=C)(COC=C)COC=C. The second-order valence-corrected chi connectivity index (χ2v) is 25.8. The second-order valence-electron chi connectivity index (χ2n) is 25.8. The maximum Gasteiger partial charge on any atom is 0.132 e. The van der Waals surface area contributed by atoms with Gasteiger partial charge in [0.15, 0.2) is 0 Å². The van der Waals surface area contributed by atoms with Crippen molar-refractivity contribution in [2.75, 3.05) is 66.1 Å². The van der Waals surface area contributed by atoms with Gasteiger partial charge in [0, 0.05) is 11.3 Å². The molecule has 5 atom stereocenters. The van der Waals surface area contributed by atoms with E-state index < -0.39 is 5.41 Å². The van der Waals surface area contributed by atoms with E-state index in [1.807, 2.05) is 0 Å². The molecule has 2 saturated carbocycles. The Kier molecular flexibility index (Phi) is 70.4. The van der Waals surface area contributed by atoms with Crippen molar-refractivity contribution in [2.24, 2.45) is 45.8 Å². The highest BCUT2D eigenvalue weighted by molar-refractivity contribution is 4.92. The molecule has 0 spiro atoms. The van der Waals surface area contributed by atoms with E-state index in [-0.39, 0.29) is 17.6 Å². The predicted octanol–water partition coefficient (Wildman–Crippen LogP) is 23.6. The molecule has 0 bridgehead atoms. The van der Waals surface area contributed by atoms with Crippen LogP contribution < -0.4 is 0 Å². The molecule has 5 unspecified atom stereocenters. The summed E-state index contributed by atoms with van der Waals surface area (Å²) in [6, 6.07) is 0. The third-order valence-corrected chi connectivity index (χ3v) is 18.5. The van der Waals surface area contributed by atoms with Crippen molar-refractivity contribution in [3.8, 4) is 0 Å². The van der Waals surface area contributed by atoms with Crippen molar-refractivity contribution in [1.29, 1.82) is 0 Å². The average molecular weight is 1380 g/mol. The lowest BCUT2D eigenvalue weighted by Crippen LogP contribution is -2.40. The maximum absolute atomic E-state index is 5.57. The van der Waals surface area contributed by atoms with E-state index in [9.17, 15) is 0 Å². The molecule has 0 aliphatic heterocycles. The Morgan fingerprint density at radius 3 is 1.05 bits per heavy atom. The molecule has 2 aliphatic rings. The second kappa shape index (κ2) is 70.4. The smallest absolute Gasteiger partial charge is 0.132 e. The summed E-state index contributed by atoms with van der Waals surface area (Å²) in [5.74, 6) is 3.29. The Bertz CT molecular complexity index is 1820. The monoisotopic (exact) mass is 1380 g/mol. The summed E-state index contributed by atoms with van der Waals surface area (Å²) in [6.45, 7) is 75.7. The van der Waals surface area contributed by atoms with Crippen LogP contribution in [0, 0.1) is 45.8 Å². The van der Waals surface area contributed by atoms with Crippen LogP contribution in [0.2, 0.25) is 0 Å². The predicted molar refractivity (Wildman–Crippen MR) is 413 cm³/mol. The van der Waals surface area contributed by atoms with Crippen molar-refractivity contribution in [1.82, 2.24) is 0 Å². The van der Waals surface area contributed by atoms with Crippen LogP contribution in [0.3, 0.4) is 0 Å². The van der Waals surface area contributed by atoms with Gasteiger partial charge in [-0.25, -0.2) is 0 Å². The Labute approximate surface area is 602 Å². The average Bonchev–Trinajstić information content (AvgIpc) is 0.809. The molecule has 0 N–H and O–H groups in total. The zero-order chi connectivity index (χ0) is 74.2. The van der Waals surface area contributed by atoms with Gasteiger partial charge >= 0.3 is 0 Å². The van der Waals surface area contributed by atoms with E-state index in [4.69, 9.17) is 66.3 Å². The minimum atomic E-state index is -0.468. The number of hydrogen-bond donors (Lipinski definition) is 0. The Morgan fingerprint density at radius 1 is 0.347 bits per heavy atom. The first-order valence-electron chi connectivity index (χ1n) is 36.8. The van der Waals surface area contributed by atoms with Crippen molar-refractivity contribution in [3.05, 3.63) is 180 Å². The number of ether oxygens (including phenoxy) is 14. The summed E-state index contributed by atoms with van der Waals surface area (Å²) in [5.41, 5.74) is 0.0848. The van der Waals surface area contributed by atoms with Crippen LogP contribution in [0.25, 0.3) is 0 Å². The lowest BCUT2D eigenvalue weighted by Gasteiger charge is -2.46. The topological polar surface area (TPSA) is 129 Å². The van der Waals surface area contributed by atoms with Gasteiger partial charge in [-0.05, 0) is 125 Å². The number of unbranched alkanes of at least 4 members (excludes halogenated alkanes) is 6. The number of rotatable bonds is 59. The van der Waals surface area contributed by atoms with Crippen LogP contribution >= 0.6 is 0 Å². The zero-order valence-corrected chi connectivity index (χ0v) is 64.1. The maximum atomic E-state index is 5.57. The van der Waals surface area contributed by atoms with Gasteiger partial charge in [-0.15, -0.1) is 0 Å². The molecule has 0 aromatic rings. The van der Waals surface area contributed by atoms with Crippen LogP contribution in [-0.4, -0.2) is 90.5 Å². The zero-order valence-electron chi connectivity index (χ0n) is 64.1. The van der Waals surface area contributed by atoms with Crippen LogP contribution in [0.4, 0.5) is 0 Å². The Balaban J connectivity index is -0.000000544. The van der Waals surface area contributed by atoms with E-state index >= 15 is 0 Å². The molecular formula is C84H148O14. The lowest BCUT2D eigenvalue weighted by atomic mass is 9.60. The molecule has 2 rings (SSSR count). The summed E-state index contributed by atoms with van der Waals surface area (Å²) >= 11 is 0. The number of hydrogen-bond acceptors (Lipinski definition) is 14. The van der Waals surface area contributed by atoms with E-state index in [0.29, 0.717) is 88.2 Å². The van der Waals surface area contributed by atoms with Crippen molar-refractivity contribution >= 4 is 0 Å². The first-order valence-corrected chi connectivity index (χ1v) is 36.8. The fraction of sp³-hybridized carbons (Fsp3) is 0.667. The molecule has 14 heteroatoms. The molecule has 2 fully saturated rings. The summed E-state index contributed by atoms with van der Waals surface area (Å²) < 4.78 is 74.3. The molecule has 98 heavy (non-hydrogen) atoms. The van der Waals surface area contributed by atoms with E-state index in [0.717, 1.165) is 82.8 Å². The normalized spacial score (nSPS) is 16.7. The van der Waals surface area contributed by atoms with Gasteiger partial charge in [-0.2, -0.15) is 0 Å². The van der Waals surface area contributed by atoms with E-state index in [2.05, 4.69) is 154 Å². The summed E-state index contributed by atoms with van der Waals surface area (Å²) in [4.78, 5) is 0. The van der Waals surface area contributed by atoms with Gasteiger partial charge in [0.25, 0.3) is 0 Å². The molecule has 0 aromatic carbocycles. The lowest BCUT2D eigenvalue weighted by molar-refractivity contribution is -0.0471. The minimum Gasteiger partial charge on any atom is -0.502 e. The van der Waals surface area contributed by atoms with Crippen LogP contribution in [-0.2, 0) is 66.3 Å². The third kappa shape index (κ3) is 51.7. The van der Waals surface area contributed by atoms with Gasteiger partial charge in [0.05, 0.1) is 133 Å². The highest BCUT2D eigenvalue weighted by Gasteiger charge is 2.41. The molecule has 2 aliphatic carbocycles. The first kappa shape index (κ1) is 97.9. The molecule has 568 valence electrons. The highest BCUT2D eigenvalue weighted by atomic mass is 16.5. The Morgan fingerprint density at radius 2 is 0.714 bits per heavy atom. The van der Waals surface area contributed by atoms with E-state index in [1.165, 1.54) is 178 Å².